The molecule has 0 aliphatic carbocycles. The third-order valence-electron chi connectivity index (χ3n) is 2.78. The van der Waals surface area contributed by atoms with Gasteiger partial charge >= 0.3 is 5.97 Å². The van der Waals surface area contributed by atoms with Crippen LogP contribution in [0.2, 0.25) is 0 Å². The Kier molecular flexibility index (Phi) is 6.04. The summed E-state index contributed by atoms with van der Waals surface area (Å²) in [6.45, 7) is 0.600. The van der Waals surface area contributed by atoms with Gasteiger partial charge in [-0.3, -0.25) is 0 Å². The Bertz CT molecular complexity index is 640. The fourth-order valence-electron chi connectivity index (χ4n) is 1.65. The minimum atomic E-state index is -3.04. The second kappa shape index (κ2) is 7.33. The molecule has 0 atom stereocenters. The molecule has 7 heteroatoms. The number of rotatable bonds is 7. The van der Waals surface area contributed by atoms with E-state index in [4.69, 9.17) is 5.11 Å². The van der Waals surface area contributed by atoms with Crippen molar-refractivity contribution in [2.45, 2.75) is 6.54 Å². The predicted octanol–water partition coefficient (Wildman–Crippen LogP) is 1.40. The zero-order valence-corrected chi connectivity index (χ0v) is 12.7. The molecule has 21 heavy (non-hydrogen) atoms. The first kappa shape index (κ1) is 17.3. The molecule has 0 spiro atoms. The Balaban J connectivity index is 2.70. The quantitative estimate of drug-likeness (QED) is 0.770. The highest BCUT2D eigenvalue weighted by atomic mass is 32.2. The number of halogens is 1. The highest BCUT2D eigenvalue weighted by molar-refractivity contribution is 7.90. The third kappa shape index (κ3) is 7.01. The van der Waals surface area contributed by atoms with Crippen LogP contribution < -0.4 is 0 Å². The Hall–Kier alpha value is -1.73. The number of carboxylic acid groups (broad SMARTS) is 1. The molecule has 0 amide bonds. The van der Waals surface area contributed by atoms with Crippen molar-refractivity contribution in [3.05, 3.63) is 41.2 Å². The number of carbonyl (C=O) groups is 1. The summed E-state index contributed by atoms with van der Waals surface area (Å²) in [6.07, 6.45) is 3.40. The fraction of sp³-hybridized carbons (Fsp3) is 0.357. The Morgan fingerprint density at radius 2 is 2.10 bits per heavy atom. The molecule has 0 bridgehead atoms. The maximum Gasteiger partial charge on any atom is 0.328 e. The van der Waals surface area contributed by atoms with E-state index >= 15 is 0 Å². The van der Waals surface area contributed by atoms with Crippen molar-refractivity contribution in [1.29, 1.82) is 0 Å². The molecule has 0 unspecified atom stereocenters. The molecular formula is C14H18FNO4S. The second-order valence-electron chi connectivity index (χ2n) is 4.89. The highest BCUT2D eigenvalue weighted by Gasteiger charge is 2.09. The summed E-state index contributed by atoms with van der Waals surface area (Å²) >= 11 is 0. The van der Waals surface area contributed by atoms with Crippen LogP contribution in [0.1, 0.15) is 11.1 Å². The molecule has 0 radical (unpaired) electrons. The zero-order chi connectivity index (χ0) is 16.0. The van der Waals surface area contributed by atoms with Crippen molar-refractivity contribution in [3.63, 3.8) is 0 Å². The SMILES string of the molecule is CN(CCS(C)(=O)=O)Cc1ccc(C=CC(=O)O)cc1F. The number of hydrogen-bond donors (Lipinski definition) is 1. The molecule has 0 aliphatic heterocycles. The van der Waals surface area contributed by atoms with Crippen molar-refractivity contribution < 1.29 is 22.7 Å². The maximum absolute atomic E-state index is 13.9. The van der Waals surface area contributed by atoms with E-state index in [0.29, 0.717) is 17.7 Å². The van der Waals surface area contributed by atoms with Crippen LogP contribution in [-0.4, -0.2) is 50.0 Å². The molecule has 1 N–H and O–H groups in total. The van der Waals surface area contributed by atoms with Gasteiger partial charge in [0.1, 0.15) is 15.7 Å². The highest BCUT2D eigenvalue weighted by Crippen LogP contribution is 2.13. The Morgan fingerprint density at radius 1 is 1.43 bits per heavy atom. The average molecular weight is 315 g/mol. The van der Waals surface area contributed by atoms with E-state index < -0.39 is 21.6 Å². The van der Waals surface area contributed by atoms with Gasteiger partial charge in [0.2, 0.25) is 0 Å². The van der Waals surface area contributed by atoms with Gasteiger partial charge < -0.3 is 10.0 Å². The van der Waals surface area contributed by atoms with E-state index in [2.05, 4.69) is 0 Å². The molecule has 1 rings (SSSR count). The zero-order valence-electron chi connectivity index (χ0n) is 11.9. The topological polar surface area (TPSA) is 74.7 Å². The van der Waals surface area contributed by atoms with Gasteiger partial charge in [-0.05, 0) is 24.8 Å². The van der Waals surface area contributed by atoms with Crippen molar-refractivity contribution in [2.75, 3.05) is 25.6 Å². The summed E-state index contributed by atoms with van der Waals surface area (Å²) in [5.41, 5.74) is 0.885. The molecule has 0 heterocycles. The maximum atomic E-state index is 13.9. The molecule has 1 aromatic rings. The lowest BCUT2D eigenvalue weighted by atomic mass is 10.1. The van der Waals surface area contributed by atoms with Gasteiger partial charge in [-0.25, -0.2) is 17.6 Å². The van der Waals surface area contributed by atoms with Gasteiger partial charge in [0, 0.05) is 31.0 Å². The molecule has 0 fully saturated rings. The number of aliphatic carboxylic acids is 1. The predicted molar refractivity (Wildman–Crippen MR) is 79.1 cm³/mol. The number of benzene rings is 1. The van der Waals surface area contributed by atoms with Crippen molar-refractivity contribution >= 4 is 21.9 Å². The van der Waals surface area contributed by atoms with Crippen molar-refractivity contribution in [1.82, 2.24) is 4.90 Å². The fourth-order valence-corrected chi connectivity index (χ4v) is 2.30. The van der Waals surface area contributed by atoms with Crippen LogP contribution in [0.15, 0.2) is 24.3 Å². The molecule has 0 saturated heterocycles. The molecule has 1 aromatic carbocycles. The van der Waals surface area contributed by atoms with Gasteiger partial charge in [-0.15, -0.1) is 0 Å². The van der Waals surface area contributed by atoms with Crippen LogP contribution in [0.4, 0.5) is 4.39 Å². The average Bonchev–Trinajstić information content (AvgIpc) is 2.36. The molecule has 116 valence electrons. The van der Waals surface area contributed by atoms with Crippen LogP contribution in [-0.2, 0) is 21.2 Å². The molecule has 0 aliphatic rings. The van der Waals surface area contributed by atoms with Crippen LogP contribution in [0.5, 0.6) is 0 Å². The summed E-state index contributed by atoms with van der Waals surface area (Å²) in [4.78, 5) is 12.1. The summed E-state index contributed by atoms with van der Waals surface area (Å²) in [6, 6.07) is 4.43. The minimum absolute atomic E-state index is 0.0184. The van der Waals surface area contributed by atoms with Crippen molar-refractivity contribution in [3.8, 4) is 0 Å². The number of hydrogen-bond acceptors (Lipinski definition) is 4. The summed E-state index contributed by atoms with van der Waals surface area (Å²) in [5.74, 6) is -1.53. The van der Waals surface area contributed by atoms with Crippen LogP contribution in [0, 0.1) is 5.82 Å². The summed E-state index contributed by atoms with van der Waals surface area (Å²) in [7, 11) is -1.33. The van der Waals surface area contributed by atoms with E-state index in [1.807, 2.05) is 0 Å². The normalized spacial score (nSPS) is 12.2. The largest absolute Gasteiger partial charge is 0.478 e. The lowest BCUT2D eigenvalue weighted by Gasteiger charge is -2.16. The van der Waals surface area contributed by atoms with Gasteiger partial charge in [-0.2, -0.15) is 0 Å². The standard InChI is InChI=1S/C14H18FNO4S/c1-16(7-8-21(2,19)20)10-12-5-3-11(9-13(12)15)4-6-14(17)18/h3-6,9H,7-8,10H2,1-2H3,(H,17,18). The molecule has 0 aromatic heterocycles. The smallest absolute Gasteiger partial charge is 0.328 e. The first-order valence-electron chi connectivity index (χ1n) is 6.23. The van der Waals surface area contributed by atoms with E-state index in [9.17, 15) is 17.6 Å². The first-order valence-corrected chi connectivity index (χ1v) is 8.29. The summed E-state index contributed by atoms with van der Waals surface area (Å²) < 4.78 is 36.0. The second-order valence-corrected chi connectivity index (χ2v) is 7.15. The minimum Gasteiger partial charge on any atom is -0.478 e. The van der Waals surface area contributed by atoms with E-state index in [-0.39, 0.29) is 12.3 Å². The van der Waals surface area contributed by atoms with Gasteiger partial charge in [0.15, 0.2) is 0 Å². The lowest BCUT2D eigenvalue weighted by Crippen LogP contribution is -2.25. The number of nitrogens with zero attached hydrogens (tertiary/aromatic N) is 1. The Morgan fingerprint density at radius 3 is 2.62 bits per heavy atom. The number of sulfone groups is 1. The Labute approximate surface area is 123 Å². The van der Waals surface area contributed by atoms with Crippen LogP contribution in [0.25, 0.3) is 6.08 Å². The first-order chi connectivity index (χ1) is 9.67. The number of carboxylic acids is 1. The third-order valence-corrected chi connectivity index (χ3v) is 3.70. The lowest BCUT2D eigenvalue weighted by molar-refractivity contribution is -0.131. The molecule has 0 saturated carbocycles. The van der Waals surface area contributed by atoms with Gasteiger partial charge in [-0.1, -0.05) is 12.1 Å². The van der Waals surface area contributed by atoms with Gasteiger partial charge in [0.05, 0.1) is 5.75 Å². The van der Waals surface area contributed by atoms with Gasteiger partial charge in [0.25, 0.3) is 0 Å². The molecule has 5 nitrogen and oxygen atoms in total. The van der Waals surface area contributed by atoms with Crippen LogP contribution >= 0.6 is 0 Å². The van der Waals surface area contributed by atoms with E-state index in [0.717, 1.165) is 12.3 Å². The monoisotopic (exact) mass is 315 g/mol. The summed E-state index contributed by atoms with van der Waals surface area (Å²) in [5, 5.41) is 8.51. The van der Waals surface area contributed by atoms with E-state index in [1.165, 1.54) is 12.1 Å². The van der Waals surface area contributed by atoms with E-state index in [1.54, 1.807) is 24.1 Å². The van der Waals surface area contributed by atoms with Crippen LogP contribution in [0.3, 0.4) is 0 Å². The van der Waals surface area contributed by atoms with Crippen molar-refractivity contribution in [2.24, 2.45) is 0 Å². The molecular weight excluding hydrogens is 297 g/mol.